The first-order valence-electron chi connectivity index (χ1n) is 5.20. The van der Waals surface area contributed by atoms with Gasteiger partial charge in [-0.15, -0.1) is 0 Å². The molecule has 0 spiro atoms. The standard InChI is InChI=1S/C10H13N3O3/c14-9-5-8(11-6-12-9)13(7-1-2-7)4-3-10(15)16/h5-7H,1-4H2,(H,15,16)(H,11,12,14). The molecule has 6 heteroatoms. The van der Waals surface area contributed by atoms with E-state index in [1.165, 1.54) is 12.4 Å². The number of carboxylic acid groups (broad SMARTS) is 1. The van der Waals surface area contributed by atoms with E-state index in [9.17, 15) is 9.59 Å². The highest BCUT2D eigenvalue weighted by Gasteiger charge is 2.30. The van der Waals surface area contributed by atoms with Crippen LogP contribution in [-0.4, -0.2) is 33.6 Å². The normalized spacial score (nSPS) is 14.8. The van der Waals surface area contributed by atoms with Gasteiger partial charge in [0.05, 0.1) is 12.7 Å². The molecule has 1 aliphatic rings. The summed E-state index contributed by atoms with van der Waals surface area (Å²) in [6, 6.07) is 1.74. The molecular formula is C10H13N3O3. The Morgan fingerprint density at radius 3 is 2.94 bits per heavy atom. The van der Waals surface area contributed by atoms with Crippen molar-refractivity contribution in [3.05, 3.63) is 22.7 Å². The monoisotopic (exact) mass is 223 g/mol. The van der Waals surface area contributed by atoms with Gasteiger partial charge in [-0.25, -0.2) is 4.98 Å². The number of anilines is 1. The maximum atomic E-state index is 11.1. The summed E-state index contributed by atoms with van der Waals surface area (Å²) in [5, 5.41) is 8.65. The molecule has 0 atom stereocenters. The molecule has 0 saturated heterocycles. The average Bonchev–Trinajstić information content (AvgIpc) is 3.02. The van der Waals surface area contributed by atoms with Gasteiger partial charge in [0.2, 0.25) is 0 Å². The Morgan fingerprint density at radius 2 is 2.38 bits per heavy atom. The van der Waals surface area contributed by atoms with Crippen molar-refractivity contribution in [2.24, 2.45) is 0 Å². The van der Waals surface area contributed by atoms with E-state index in [1.54, 1.807) is 0 Å². The highest BCUT2D eigenvalue weighted by atomic mass is 16.4. The second-order valence-corrected chi connectivity index (χ2v) is 3.84. The molecule has 0 amide bonds. The number of H-pyrrole nitrogens is 1. The van der Waals surface area contributed by atoms with Crippen LogP contribution in [0.5, 0.6) is 0 Å². The highest BCUT2D eigenvalue weighted by Crippen LogP contribution is 2.29. The smallest absolute Gasteiger partial charge is 0.305 e. The van der Waals surface area contributed by atoms with E-state index in [4.69, 9.17) is 5.11 Å². The predicted octanol–water partition coefficient (Wildman–Crippen LogP) is 0.213. The SMILES string of the molecule is O=C(O)CCN(c1cc(=O)[nH]cn1)C1CC1. The summed E-state index contributed by atoms with van der Waals surface area (Å²) in [7, 11) is 0. The van der Waals surface area contributed by atoms with Crippen LogP contribution in [0.4, 0.5) is 5.82 Å². The Kier molecular flexibility index (Phi) is 2.89. The van der Waals surface area contributed by atoms with Crippen molar-refractivity contribution in [2.75, 3.05) is 11.4 Å². The summed E-state index contributed by atoms with van der Waals surface area (Å²) in [5.41, 5.74) is -0.217. The number of aromatic nitrogens is 2. The molecule has 2 N–H and O–H groups in total. The highest BCUT2D eigenvalue weighted by molar-refractivity contribution is 5.67. The van der Waals surface area contributed by atoms with E-state index in [1.807, 2.05) is 4.90 Å². The van der Waals surface area contributed by atoms with Gasteiger partial charge in [0.15, 0.2) is 0 Å². The lowest BCUT2D eigenvalue weighted by Gasteiger charge is -2.21. The molecule has 0 aliphatic heterocycles. The summed E-state index contributed by atoms with van der Waals surface area (Å²) in [4.78, 5) is 30.1. The number of aliphatic carboxylic acids is 1. The van der Waals surface area contributed by atoms with E-state index in [-0.39, 0.29) is 12.0 Å². The van der Waals surface area contributed by atoms with Crippen LogP contribution in [-0.2, 0) is 4.79 Å². The van der Waals surface area contributed by atoms with Crippen molar-refractivity contribution in [2.45, 2.75) is 25.3 Å². The molecule has 1 saturated carbocycles. The van der Waals surface area contributed by atoms with Gasteiger partial charge in [-0.1, -0.05) is 0 Å². The van der Waals surface area contributed by atoms with Crippen LogP contribution in [0.15, 0.2) is 17.2 Å². The maximum absolute atomic E-state index is 11.1. The van der Waals surface area contributed by atoms with Gasteiger partial charge < -0.3 is 15.0 Å². The Bertz CT molecular complexity index is 439. The third kappa shape index (κ3) is 2.59. The van der Waals surface area contributed by atoms with E-state index >= 15 is 0 Å². The minimum atomic E-state index is -0.838. The molecule has 0 bridgehead atoms. The molecule has 16 heavy (non-hydrogen) atoms. The fourth-order valence-electron chi connectivity index (χ4n) is 1.60. The van der Waals surface area contributed by atoms with Gasteiger partial charge in [-0.3, -0.25) is 9.59 Å². The molecule has 0 aromatic carbocycles. The van der Waals surface area contributed by atoms with Gasteiger partial charge >= 0.3 is 5.97 Å². The maximum Gasteiger partial charge on any atom is 0.305 e. The van der Waals surface area contributed by atoms with Gasteiger partial charge in [0.1, 0.15) is 5.82 Å². The Labute approximate surface area is 91.9 Å². The Balaban J connectivity index is 2.12. The second-order valence-electron chi connectivity index (χ2n) is 3.84. The zero-order valence-corrected chi connectivity index (χ0v) is 8.72. The lowest BCUT2D eigenvalue weighted by Crippen LogP contribution is -2.30. The van der Waals surface area contributed by atoms with Gasteiger partial charge in [0.25, 0.3) is 5.56 Å². The largest absolute Gasteiger partial charge is 0.481 e. The number of carboxylic acids is 1. The number of hydrogen-bond acceptors (Lipinski definition) is 4. The van der Waals surface area contributed by atoms with Crippen LogP contribution >= 0.6 is 0 Å². The van der Waals surface area contributed by atoms with Crippen molar-refractivity contribution in [3.8, 4) is 0 Å². The Hall–Kier alpha value is -1.85. The summed E-state index contributed by atoms with van der Waals surface area (Å²) < 4.78 is 0. The van der Waals surface area contributed by atoms with Crippen LogP contribution in [0.1, 0.15) is 19.3 Å². The van der Waals surface area contributed by atoms with Gasteiger partial charge in [0, 0.05) is 18.7 Å². The summed E-state index contributed by atoms with van der Waals surface area (Å²) in [6.45, 7) is 0.399. The molecule has 1 aromatic heterocycles. The average molecular weight is 223 g/mol. The molecule has 1 fully saturated rings. The van der Waals surface area contributed by atoms with Gasteiger partial charge in [-0.2, -0.15) is 0 Å². The topological polar surface area (TPSA) is 86.3 Å². The molecule has 1 heterocycles. The third-order valence-electron chi connectivity index (χ3n) is 2.51. The lowest BCUT2D eigenvalue weighted by molar-refractivity contribution is -0.136. The Morgan fingerprint density at radius 1 is 1.62 bits per heavy atom. The fraction of sp³-hybridized carbons (Fsp3) is 0.500. The lowest BCUT2D eigenvalue weighted by atomic mass is 10.3. The van der Waals surface area contributed by atoms with Crippen LogP contribution in [0.3, 0.4) is 0 Å². The van der Waals surface area contributed by atoms with Crippen LogP contribution in [0.25, 0.3) is 0 Å². The number of nitrogens with zero attached hydrogens (tertiary/aromatic N) is 2. The molecular weight excluding hydrogens is 210 g/mol. The van der Waals surface area contributed by atoms with E-state index < -0.39 is 5.97 Å². The van der Waals surface area contributed by atoms with Crippen molar-refractivity contribution in [3.63, 3.8) is 0 Å². The minimum absolute atomic E-state index is 0.0605. The number of carbonyl (C=O) groups is 1. The number of hydrogen-bond donors (Lipinski definition) is 2. The van der Waals surface area contributed by atoms with Crippen molar-refractivity contribution >= 4 is 11.8 Å². The van der Waals surface area contributed by atoms with Crippen LogP contribution in [0.2, 0.25) is 0 Å². The first-order valence-corrected chi connectivity index (χ1v) is 5.20. The van der Waals surface area contributed by atoms with Crippen LogP contribution < -0.4 is 10.5 Å². The van der Waals surface area contributed by atoms with Crippen molar-refractivity contribution in [1.82, 2.24) is 9.97 Å². The second kappa shape index (κ2) is 4.34. The molecule has 2 rings (SSSR count). The van der Waals surface area contributed by atoms with Crippen LogP contribution in [0, 0.1) is 0 Å². The number of rotatable bonds is 5. The summed E-state index contributed by atoms with van der Waals surface area (Å²) in [6.07, 6.45) is 3.47. The summed E-state index contributed by atoms with van der Waals surface area (Å²) >= 11 is 0. The summed E-state index contributed by atoms with van der Waals surface area (Å²) in [5.74, 6) is -0.275. The van der Waals surface area contributed by atoms with E-state index in [0.717, 1.165) is 12.8 Å². The molecule has 0 unspecified atom stereocenters. The first kappa shape index (κ1) is 10.7. The number of nitrogens with one attached hydrogen (secondary N) is 1. The van der Waals surface area contributed by atoms with Gasteiger partial charge in [-0.05, 0) is 12.8 Å². The quantitative estimate of drug-likeness (QED) is 0.745. The predicted molar refractivity (Wildman–Crippen MR) is 57.5 cm³/mol. The molecule has 0 radical (unpaired) electrons. The molecule has 1 aliphatic carbocycles. The first-order chi connectivity index (χ1) is 7.66. The van der Waals surface area contributed by atoms with Crippen molar-refractivity contribution < 1.29 is 9.90 Å². The molecule has 1 aromatic rings. The zero-order valence-electron chi connectivity index (χ0n) is 8.72. The molecule has 86 valence electrons. The number of aromatic amines is 1. The molecule has 6 nitrogen and oxygen atoms in total. The van der Waals surface area contributed by atoms with E-state index in [0.29, 0.717) is 18.4 Å². The fourth-order valence-corrected chi connectivity index (χ4v) is 1.60. The van der Waals surface area contributed by atoms with Crippen molar-refractivity contribution in [1.29, 1.82) is 0 Å². The third-order valence-corrected chi connectivity index (χ3v) is 2.51. The van der Waals surface area contributed by atoms with E-state index in [2.05, 4.69) is 9.97 Å². The zero-order chi connectivity index (χ0) is 11.5. The minimum Gasteiger partial charge on any atom is -0.481 e.